The van der Waals surface area contributed by atoms with Crippen molar-refractivity contribution in [2.45, 2.75) is 6.42 Å². The highest BCUT2D eigenvalue weighted by Crippen LogP contribution is 2.21. The summed E-state index contributed by atoms with van der Waals surface area (Å²) in [6, 6.07) is 19.9. The van der Waals surface area contributed by atoms with Gasteiger partial charge in [0.2, 0.25) is 5.91 Å². The van der Waals surface area contributed by atoms with Crippen molar-refractivity contribution in [3.8, 4) is 0 Å². The van der Waals surface area contributed by atoms with E-state index in [1.165, 1.54) is 12.1 Å². The molecular weight excluding hydrogens is 367 g/mol. The van der Waals surface area contributed by atoms with E-state index in [0.29, 0.717) is 0 Å². The van der Waals surface area contributed by atoms with E-state index in [1.54, 1.807) is 12.1 Å². The lowest BCUT2D eigenvalue weighted by atomic mass is 10.1. The lowest BCUT2D eigenvalue weighted by Gasteiger charge is -2.36. The fourth-order valence-electron chi connectivity index (χ4n) is 3.48. The van der Waals surface area contributed by atoms with Crippen LogP contribution in [-0.4, -0.2) is 37.1 Å². The Balaban J connectivity index is 1.30. The molecule has 1 amide bonds. The zero-order chi connectivity index (χ0) is 20.1. The summed E-state index contributed by atoms with van der Waals surface area (Å²) >= 11 is 0. The SMILES string of the molecule is O=C(Cc1ccc(F)cc1)Nc1ccc(N2CCN(c3ccccn3)CC2)cc1. The van der Waals surface area contributed by atoms with Gasteiger partial charge in [0.15, 0.2) is 0 Å². The molecule has 2 heterocycles. The number of hydrogen-bond donors (Lipinski definition) is 1. The van der Waals surface area contributed by atoms with Gasteiger partial charge in [-0.15, -0.1) is 0 Å². The molecule has 1 aromatic heterocycles. The zero-order valence-corrected chi connectivity index (χ0v) is 16.1. The lowest BCUT2D eigenvalue weighted by molar-refractivity contribution is -0.115. The quantitative estimate of drug-likeness (QED) is 0.721. The number of nitrogens with one attached hydrogen (secondary N) is 1. The third-order valence-corrected chi connectivity index (χ3v) is 5.05. The number of amides is 1. The molecule has 148 valence electrons. The molecule has 0 unspecified atom stereocenters. The molecule has 1 aliphatic heterocycles. The van der Waals surface area contributed by atoms with Crippen LogP contribution in [0.3, 0.4) is 0 Å². The van der Waals surface area contributed by atoms with Crippen LogP contribution in [0.4, 0.5) is 21.6 Å². The van der Waals surface area contributed by atoms with Gasteiger partial charge in [-0.3, -0.25) is 4.79 Å². The van der Waals surface area contributed by atoms with E-state index in [-0.39, 0.29) is 18.1 Å². The first-order valence-corrected chi connectivity index (χ1v) is 9.73. The summed E-state index contributed by atoms with van der Waals surface area (Å²) in [5, 5.41) is 2.90. The van der Waals surface area contributed by atoms with Gasteiger partial charge in [0.05, 0.1) is 6.42 Å². The Kier molecular flexibility index (Phi) is 5.70. The minimum Gasteiger partial charge on any atom is -0.368 e. The van der Waals surface area contributed by atoms with Crippen LogP contribution in [-0.2, 0) is 11.2 Å². The largest absolute Gasteiger partial charge is 0.368 e. The van der Waals surface area contributed by atoms with Crippen molar-refractivity contribution in [3.05, 3.63) is 84.3 Å². The first-order chi connectivity index (χ1) is 14.2. The van der Waals surface area contributed by atoms with Crippen LogP contribution in [0, 0.1) is 5.82 Å². The van der Waals surface area contributed by atoms with E-state index in [9.17, 15) is 9.18 Å². The molecule has 1 fully saturated rings. The van der Waals surface area contributed by atoms with Gasteiger partial charge in [-0.2, -0.15) is 0 Å². The van der Waals surface area contributed by atoms with Gasteiger partial charge in [-0.25, -0.2) is 9.37 Å². The lowest BCUT2D eigenvalue weighted by Crippen LogP contribution is -2.46. The molecule has 29 heavy (non-hydrogen) atoms. The first kappa shape index (κ1) is 18.9. The highest BCUT2D eigenvalue weighted by atomic mass is 19.1. The number of hydrogen-bond acceptors (Lipinski definition) is 4. The van der Waals surface area contributed by atoms with Crippen molar-refractivity contribution in [1.82, 2.24) is 4.98 Å². The van der Waals surface area contributed by atoms with Crippen molar-refractivity contribution in [2.24, 2.45) is 0 Å². The molecule has 0 saturated carbocycles. The van der Waals surface area contributed by atoms with Crippen molar-refractivity contribution in [1.29, 1.82) is 0 Å². The van der Waals surface area contributed by atoms with Crippen LogP contribution in [0.1, 0.15) is 5.56 Å². The maximum Gasteiger partial charge on any atom is 0.228 e. The maximum atomic E-state index is 13.0. The Morgan fingerprint density at radius 1 is 0.897 bits per heavy atom. The number of aromatic nitrogens is 1. The molecule has 5 nitrogen and oxygen atoms in total. The Morgan fingerprint density at radius 3 is 2.24 bits per heavy atom. The Bertz CT molecular complexity index is 937. The molecule has 4 rings (SSSR count). The molecule has 0 aliphatic carbocycles. The fourth-order valence-corrected chi connectivity index (χ4v) is 3.48. The molecule has 0 radical (unpaired) electrons. The molecule has 0 bridgehead atoms. The van der Waals surface area contributed by atoms with Crippen LogP contribution in [0.2, 0.25) is 0 Å². The third-order valence-electron chi connectivity index (χ3n) is 5.05. The number of carbonyl (C=O) groups excluding carboxylic acids is 1. The minimum atomic E-state index is -0.300. The topological polar surface area (TPSA) is 48.5 Å². The predicted molar refractivity (Wildman–Crippen MR) is 114 cm³/mol. The van der Waals surface area contributed by atoms with E-state index < -0.39 is 0 Å². The van der Waals surface area contributed by atoms with Gasteiger partial charge < -0.3 is 15.1 Å². The van der Waals surface area contributed by atoms with Crippen LogP contribution in [0.15, 0.2) is 72.9 Å². The maximum absolute atomic E-state index is 13.0. The molecular formula is C23H23FN4O. The number of anilines is 3. The van der Waals surface area contributed by atoms with E-state index in [4.69, 9.17) is 0 Å². The normalized spacial score (nSPS) is 14.0. The molecule has 1 aliphatic rings. The van der Waals surface area contributed by atoms with Crippen LogP contribution in [0.5, 0.6) is 0 Å². The molecule has 1 N–H and O–H groups in total. The van der Waals surface area contributed by atoms with Crippen LogP contribution >= 0.6 is 0 Å². The highest BCUT2D eigenvalue weighted by Gasteiger charge is 2.18. The number of nitrogens with zero attached hydrogens (tertiary/aromatic N) is 3. The van der Waals surface area contributed by atoms with E-state index in [0.717, 1.165) is 48.9 Å². The number of benzene rings is 2. The zero-order valence-electron chi connectivity index (χ0n) is 16.1. The Hall–Kier alpha value is -3.41. The summed E-state index contributed by atoms with van der Waals surface area (Å²) in [5.41, 5.74) is 2.68. The predicted octanol–water partition coefficient (Wildman–Crippen LogP) is 3.73. The molecule has 6 heteroatoms. The minimum absolute atomic E-state index is 0.117. The number of piperazine rings is 1. The Labute approximate surface area is 169 Å². The van der Waals surface area contributed by atoms with Gasteiger partial charge in [-0.05, 0) is 54.1 Å². The molecule has 0 spiro atoms. The van der Waals surface area contributed by atoms with Gasteiger partial charge in [0, 0.05) is 43.8 Å². The van der Waals surface area contributed by atoms with Crippen molar-refractivity contribution < 1.29 is 9.18 Å². The van der Waals surface area contributed by atoms with Gasteiger partial charge >= 0.3 is 0 Å². The average molecular weight is 390 g/mol. The first-order valence-electron chi connectivity index (χ1n) is 9.73. The second kappa shape index (κ2) is 8.73. The summed E-state index contributed by atoms with van der Waals surface area (Å²) in [4.78, 5) is 21.2. The molecule has 1 saturated heterocycles. The Morgan fingerprint density at radius 2 is 1.59 bits per heavy atom. The second-order valence-corrected chi connectivity index (χ2v) is 7.06. The van der Waals surface area contributed by atoms with Crippen LogP contribution in [0.25, 0.3) is 0 Å². The van der Waals surface area contributed by atoms with Gasteiger partial charge in [0.25, 0.3) is 0 Å². The summed E-state index contributed by atoms with van der Waals surface area (Å²) in [6.45, 7) is 3.69. The summed E-state index contributed by atoms with van der Waals surface area (Å²) in [6.07, 6.45) is 2.04. The highest BCUT2D eigenvalue weighted by molar-refractivity contribution is 5.92. The van der Waals surface area contributed by atoms with Gasteiger partial charge in [-0.1, -0.05) is 18.2 Å². The van der Waals surface area contributed by atoms with Crippen molar-refractivity contribution in [2.75, 3.05) is 41.3 Å². The van der Waals surface area contributed by atoms with Gasteiger partial charge in [0.1, 0.15) is 11.6 Å². The van der Waals surface area contributed by atoms with E-state index in [1.807, 2.05) is 48.7 Å². The molecule has 2 aromatic carbocycles. The number of rotatable bonds is 5. The van der Waals surface area contributed by atoms with Crippen molar-refractivity contribution in [3.63, 3.8) is 0 Å². The molecule has 3 aromatic rings. The number of carbonyl (C=O) groups is 1. The van der Waals surface area contributed by atoms with E-state index >= 15 is 0 Å². The average Bonchev–Trinajstić information content (AvgIpc) is 2.77. The standard InChI is InChI=1S/C23H23FN4O/c24-19-6-4-18(5-7-19)17-23(29)26-20-8-10-21(11-9-20)27-13-15-28(16-14-27)22-3-1-2-12-25-22/h1-12H,13-17H2,(H,26,29). The second-order valence-electron chi connectivity index (χ2n) is 7.06. The number of pyridine rings is 1. The number of halogens is 1. The van der Waals surface area contributed by atoms with Crippen molar-refractivity contribution >= 4 is 23.1 Å². The summed E-state index contributed by atoms with van der Waals surface area (Å²) in [7, 11) is 0. The van der Waals surface area contributed by atoms with E-state index in [2.05, 4.69) is 20.1 Å². The monoisotopic (exact) mass is 390 g/mol. The summed E-state index contributed by atoms with van der Waals surface area (Å²) in [5.74, 6) is 0.602. The smallest absolute Gasteiger partial charge is 0.228 e. The fraction of sp³-hybridized carbons (Fsp3) is 0.217. The van der Waals surface area contributed by atoms with Crippen LogP contribution < -0.4 is 15.1 Å². The summed E-state index contributed by atoms with van der Waals surface area (Å²) < 4.78 is 13.0. The third kappa shape index (κ3) is 4.90. The molecule has 0 atom stereocenters.